The van der Waals surface area contributed by atoms with Crippen molar-refractivity contribution in [1.29, 1.82) is 5.39 Å². The molecule has 1 aromatic rings. The zero-order valence-electron chi connectivity index (χ0n) is 7.89. The zero-order chi connectivity index (χ0) is 11.6. The highest BCUT2D eigenvalue weighted by atomic mass is 127. The topological polar surface area (TPSA) is 91.8 Å². The Bertz CT molecular complexity index is 540. The van der Waals surface area contributed by atoms with Crippen molar-refractivity contribution in [2.75, 3.05) is 7.11 Å². The van der Waals surface area contributed by atoms with Gasteiger partial charge in [0, 0.05) is 9.64 Å². The Morgan fingerprint density at radius 3 is 2.44 bits per heavy atom. The monoisotopic (exact) mass is 376 g/mol. The molecule has 0 spiro atoms. The van der Waals surface area contributed by atoms with E-state index in [1.807, 2.05) is 0 Å². The zero-order valence-corrected chi connectivity index (χ0v) is 11.6. The van der Waals surface area contributed by atoms with E-state index in [4.69, 9.17) is 14.7 Å². The second kappa shape index (κ2) is 5.62. The van der Waals surface area contributed by atoms with Crippen LogP contribution in [0, 0.1) is 8.96 Å². The van der Waals surface area contributed by atoms with Gasteiger partial charge in [0.15, 0.2) is 9.87 Å². The maximum Gasteiger partial charge on any atom is 0.427 e. The molecule has 0 saturated heterocycles. The van der Waals surface area contributed by atoms with Crippen molar-refractivity contribution < 1.29 is 30.1 Å². The van der Waals surface area contributed by atoms with Crippen LogP contribution in [0.2, 0.25) is 0 Å². The van der Waals surface area contributed by atoms with Crippen LogP contribution in [0.5, 0.6) is 5.75 Å². The Labute approximate surface area is 112 Å². The van der Waals surface area contributed by atoms with Crippen molar-refractivity contribution in [2.24, 2.45) is 0 Å². The Morgan fingerprint density at radius 2 is 2.06 bits per heavy atom. The van der Waals surface area contributed by atoms with E-state index in [1.54, 1.807) is 22.6 Å². The molecule has 1 N–H and O–H groups in total. The van der Waals surface area contributed by atoms with E-state index < -0.39 is 15.0 Å². The minimum absolute atomic E-state index is 0. The van der Waals surface area contributed by atoms with E-state index in [0.29, 0.717) is 0 Å². The van der Waals surface area contributed by atoms with Crippen molar-refractivity contribution in [3.63, 3.8) is 0 Å². The van der Waals surface area contributed by atoms with E-state index in [0.717, 1.165) is 0 Å². The fourth-order valence-electron chi connectivity index (χ4n) is 1.04. The Balaban J connectivity index is 0.00000225. The number of nitrogens with zero attached hydrogens (tertiary/aromatic N) is 2. The molecule has 0 unspecified atom stereocenters. The Kier molecular flexibility index (Phi) is 5.40. The van der Waals surface area contributed by atoms with Crippen molar-refractivity contribution in [1.82, 2.24) is 0 Å². The van der Waals surface area contributed by atoms with Crippen LogP contribution in [-0.4, -0.2) is 20.1 Å². The first-order chi connectivity index (χ1) is 6.91. The van der Waals surface area contributed by atoms with Gasteiger partial charge in [-0.1, -0.05) is 0 Å². The van der Waals surface area contributed by atoms with E-state index in [1.165, 1.54) is 19.2 Å². The molecule has 0 fully saturated rings. The van der Waals surface area contributed by atoms with Gasteiger partial charge in [0.25, 0.3) is 10.1 Å². The standard InChI is InChI=1S/C7H5IN2O4S.ClH/c1-14-6-5(10-9)3-2-4(8)7(6)15(11,12)13;/h2-3H,1H3;1H. The van der Waals surface area contributed by atoms with Crippen LogP contribution in [0.4, 0.5) is 5.69 Å². The van der Waals surface area contributed by atoms with Crippen LogP contribution in [-0.2, 0) is 10.1 Å². The number of benzene rings is 1. The predicted molar refractivity (Wildman–Crippen MR) is 60.3 cm³/mol. The fraction of sp³-hybridized carbons (Fsp3) is 0.143. The van der Waals surface area contributed by atoms with Gasteiger partial charge in [0.2, 0.25) is 11.1 Å². The Morgan fingerprint density at radius 1 is 1.50 bits per heavy atom. The minimum atomic E-state index is -4.41. The number of hydrogen-bond acceptors (Lipinski definition) is 4. The van der Waals surface area contributed by atoms with Crippen LogP contribution < -0.4 is 17.1 Å². The summed E-state index contributed by atoms with van der Waals surface area (Å²) < 4.78 is 36.1. The van der Waals surface area contributed by atoms with Crippen LogP contribution in [0.1, 0.15) is 0 Å². The number of rotatable bonds is 2. The molecule has 9 heteroatoms. The van der Waals surface area contributed by atoms with Crippen LogP contribution in [0.15, 0.2) is 17.0 Å². The van der Waals surface area contributed by atoms with Crippen molar-refractivity contribution in [3.8, 4) is 5.75 Å². The summed E-state index contributed by atoms with van der Waals surface area (Å²) in [4.78, 5) is 2.45. The third-order valence-corrected chi connectivity index (χ3v) is 3.80. The molecule has 6 nitrogen and oxygen atoms in total. The summed E-state index contributed by atoms with van der Waals surface area (Å²) in [7, 11) is -3.20. The second-order valence-corrected chi connectivity index (χ2v) is 5.02. The molecular formula is C7H6ClIN2O4S. The van der Waals surface area contributed by atoms with Gasteiger partial charge in [0.05, 0.1) is 7.11 Å². The average molecular weight is 377 g/mol. The Hall–Kier alpha value is -0.630. The molecule has 88 valence electrons. The first-order valence-corrected chi connectivity index (χ1v) is 6.12. The first kappa shape index (κ1) is 15.4. The molecule has 0 heterocycles. The summed E-state index contributed by atoms with van der Waals surface area (Å²) in [5, 5.41) is 8.60. The van der Waals surface area contributed by atoms with Crippen LogP contribution in [0.3, 0.4) is 0 Å². The molecule has 16 heavy (non-hydrogen) atoms. The lowest BCUT2D eigenvalue weighted by Gasteiger charge is -2.04. The van der Waals surface area contributed by atoms with Gasteiger partial charge in [-0.15, -0.1) is 0 Å². The van der Waals surface area contributed by atoms with Crippen LogP contribution >= 0.6 is 22.6 Å². The lowest BCUT2D eigenvalue weighted by atomic mass is 10.3. The highest BCUT2D eigenvalue weighted by molar-refractivity contribution is 14.1. The van der Waals surface area contributed by atoms with E-state index in [2.05, 4.69) is 4.98 Å². The second-order valence-electron chi connectivity index (χ2n) is 2.50. The molecule has 0 aromatic heterocycles. The van der Waals surface area contributed by atoms with E-state index in [-0.39, 0.29) is 27.4 Å². The smallest absolute Gasteiger partial charge is 0.427 e. The quantitative estimate of drug-likeness (QED) is 0.408. The number of ether oxygens (including phenoxy) is 1. The summed E-state index contributed by atoms with van der Waals surface area (Å²) in [6, 6.07) is 2.76. The average Bonchev–Trinajstić information content (AvgIpc) is 2.15. The maximum absolute atomic E-state index is 11.0. The van der Waals surface area contributed by atoms with Gasteiger partial charge >= 0.3 is 5.69 Å². The predicted octanol–water partition coefficient (Wildman–Crippen LogP) is -0.965. The summed E-state index contributed by atoms with van der Waals surface area (Å²) in [6.45, 7) is 0. The number of methoxy groups -OCH3 is 1. The molecule has 0 aliphatic rings. The summed E-state index contributed by atoms with van der Waals surface area (Å²) in [6.07, 6.45) is 0. The highest BCUT2D eigenvalue weighted by Crippen LogP contribution is 2.37. The van der Waals surface area contributed by atoms with Gasteiger partial charge in [-0.05, 0) is 28.7 Å². The van der Waals surface area contributed by atoms with Gasteiger partial charge in [-0.25, -0.2) is 0 Å². The highest BCUT2D eigenvalue weighted by Gasteiger charge is 2.28. The number of hydrogen-bond donors (Lipinski definition) is 1. The normalized spacial score (nSPS) is 10.1. The SMILES string of the molecule is COc1c([N+]#N)ccc(I)c1S(=O)(=O)O.[Cl-]. The molecule has 1 rings (SSSR count). The van der Waals surface area contributed by atoms with Crippen molar-refractivity contribution in [2.45, 2.75) is 4.90 Å². The largest absolute Gasteiger partial charge is 1.00 e. The molecule has 0 aliphatic heterocycles. The lowest BCUT2D eigenvalue weighted by Crippen LogP contribution is -3.00. The molecule has 0 radical (unpaired) electrons. The van der Waals surface area contributed by atoms with Gasteiger partial charge in [-0.3, -0.25) is 4.55 Å². The van der Waals surface area contributed by atoms with Crippen LogP contribution in [0.25, 0.3) is 4.98 Å². The lowest BCUT2D eigenvalue weighted by molar-refractivity contribution is -0.00000771. The summed E-state index contributed by atoms with van der Waals surface area (Å²) in [5.74, 6) is -0.188. The van der Waals surface area contributed by atoms with E-state index in [9.17, 15) is 8.42 Å². The van der Waals surface area contributed by atoms with Gasteiger partial charge in [0.1, 0.15) is 0 Å². The van der Waals surface area contributed by atoms with Crippen molar-refractivity contribution in [3.05, 3.63) is 20.7 Å². The minimum Gasteiger partial charge on any atom is -1.00 e. The number of halogens is 2. The maximum atomic E-state index is 11.0. The molecular weight excluding hydrogens is 371 g/mol. The van der Waals surface area contributed by atoms with E-state index >= 15 is 0 Å². The summed E-state index contributed by atoms with van der Waals surface area (Å²) in [5.41, 5.74) is -0.0643. The molecule has 0 bridgehead atoms. The first-order valence-electron chi connectivity index (χ1n) is 3.61. The molecule has 0 atom stereocenters. The molecule has 1 aromatic carbocycles. The van der Waals surface area contributed by atoms with Gasteiger partial charge < -0.3 is 17.1 Å². The molecule has 0 saturated carbocycles. The third kappa shape index (κ3) is 2.94. The van der Waals surface area contributed by atoms with Crippen molar-refractivity contribution >= 4 is 38.4 Å². The number of diazo groups is 1. The third-order valence-electron chi connectivity index (χ3n) is 1.61. The molecule has 0 amide bonds. The molecule has 0 aliphatic carbocycles. The summed E-state index contributed by atoms with van der Waals surface area (Å²) >= 11 is 1.73. The fourth-order valence-corrected chi connectivity index (χ4v) is 3.04. The van der Waals surface area contributed by atoms with Gasteiger partial charge in [-0.2, -0.15) is 8.42 Å².